The van der Waals surface area contributed by atoms with E-state index in [1.807, 2.05) is 0 Å². The highest BCUT2D eigenvalue weighted by Gasteiger charge is 2.28. The number of hydrogen-bond donors (Lipinski definition) is 1. The molecular formula is C12H15NO5. The third kappa shape index (κ3) is 3.19. The minimum atomic E-state index is -1.00. The maximum atomic E-state index is 10.9. The molecule has 18 heavy (non-hydrogen) atoms. The van der Waals surface area contributed by atoms with Crippen LogP contribution in [0.4, 0.5) is 5.69 Å². The van der Waals surface area contributed by atoms with E-state index in [4.69, 9.17) is 9.84 Å². The van der Waals surface area contributed by atoms with Crippen molar-refractivity contribution < 1.29 is 19.6 Å². The zero-order valence-electron chi connectivity index (χ0n) is 10.5. The normalized spacial score (nSPS) is 11.1. The Morgan fingerprint density at radius 2 is 2.11 bits per heavy atom. The smallest absolute Gasteiger partial charge is 0.312 e. The molecule has 0 amide bonds. The third-order valence-electron chi connectivity index (χ3n) is 2.54. The van der Waals surface area contributed by atoms with Crippen molar-refractivity contribution in [2.45, 2.75) is 20.8 Å². The number of carbonyl (C=O) groups is 1. The molecule has 1 N–H and O–H groups in total. The van der Waals surface area contributed by atoms with Gasteiger partial charge in [0.2, 0.25) is 0 Å². The molecule has 0 heterocycles. The van der Waals surface area contributed by atoms with Gasteiger partial charge < -0.3 is 9.84 Å². The van der Waals surface area contributed by atoms with Gasteiger partial charge in [-0.2, -0.15) is 0 Å². The molecule has 0 atom stereocenters. The summed E-state index contributed by atoms with van der Waals surface area (Å²) in [6.45, 7) is 4.70. The van der Waals surface area contributed by atoms with Crippen LogP contribution in [0, 0.1) is 22.5 Å². The average Bonchev–Trinajstić information content (AvgIpc) is 2.25. The highest BCUT2D eigenvalue weighted by Crippen LogP contribution is 2.25. The summed E-state index contributed by atoms with van der Waals surface area (Å²) in [5, 5.41) is 19.5. The van der Waals surface area contributed by atoms with Crippen LogP contribution < -0.4 is 4.74 Å². The highest BCUT2D eigenvalue weighted by atomic mass is 16.6. The van der Waals surface area contributed by atoms with Crippen LogP contribution in [0.15, 0.2) is 18.2 Å². The van der Waals surface area contributed by atoms with Gasteiger partial charge in [0.25, 0.3) is 5.69 Å². The van der Waals surface area contributed by atoms with Crippen molar-refractivity contribution in [3.05, 3.63) is 33.9 Å². The van der Waals surface area contributed by atoms with E-state index in [1.54, 1.807) is 20.8 Å². The van der Waals surface area contributed by atoms with E-state index in [1.165, 1.54) is 18.2 Å². The number of carboxylic acid groups (broad SMARTS) is 1. The van der Waals surface area contributed by atoms with Crippen molar-refractivity contribution in [2.75, 3.05) is 6.61 Å². The first-order valence-electron chi connectivity index (χ1n) is 5.35. The fourth-order valence-corrected chi connectivity index (χ4v) is 1.25. The number of aryl methyl sites for hydroxylation is 1. The van der Waals surface area contributed by atoms with Gasteiger partial charge in [0.05, 0.1) is 10.3 Å². The molecule has 6 nitrogen and oxygen atoms in total. The van der Waals surface area contributed by atoms with Crippen molar-refractivity contribution in [1.82, 2.24) is 0 Å². The standard InChI is InChI=1S/C12H15NO5/c1-8-6-9(4-5-10(8)13(16)17)18-7-12(2,3)11(14)15/h4-6H,7H2,1-3H3,(H,14,15). The summed E-state index contributed by atoms with van der Waals surface area (Å²) in [5.41, 5.74) is -0.513. The van der Waals surface area contributed by atoms with E-state index in [9.17, 15) is 14.9 Å². The van der Waals surface area contributed by atoms with Crippen LogP contribution in [0.25, 0.3) is 0 Å². The van der Waals surface area contributed by atoms with Crippen LogP contribution >= 0.6 is 0 Å². The number of benzene rings is 1. The van der Waals surface area contributed by atoms with Crippen molar-refractivity contribution in [3.8, 4) is 5.75 Å². The summed E-state index contributed by atoms with van der Waals surface area (Å²) < 4.78 is 5.34. The van der Waals surface area contributed by atoms with E-state index < -0.39 is 16.3 Å². The summed E-state index contributed by atoms with van der Waals surface area (Å²) in [6.07, 6.45) is 0. The maximum absolute atomic E-state index is 10.9. The number of rotatable bonds is 5. The molecule has 1 rings (SSSR count). The number of aliphatic carboxylic acids is 1. The maximum Gasteiger partial charge on any atom is 0.312 e. The van der Waals surface area contributed by atoms with Crippen molar-refractivity contribution in [2.24, 2.45) is 5.41 Å². The van der Waals surface area contributed by atoms with Crippen LogP contribution in [0.3, 0.4) is 0 Å². The Hall–Kier alpha value is -2.11. The van der Waals surface area contributed by atoms with E-state index >= 15 is 0 Å². The molecule has 0 aromatic heterocycles. The molecular weight excluding hydrogens is 238 g/mol. The second-order valence-corrected chi connectivity index (χ2v) is 4.68. The van der Waals surface area contributed by atoms with Gasteiger partial charge in [-0.3, -0.25) is 14.9 Å². The van der Waals surface area contributed by atoms with Crippen LogP contribution in [0.1, 0.15) is 19.4 Å². The first-order valence-corrected chi connectivity index (χ1v) is 5.35. The number of carboxylic acids is 1. The topological polar surface area (TPSA) is 89.7 Å². The van der Waals surface area contributed by atoms with Gasteiger partial charge in [0, 0.05) is 11.6 Å². The number of ether oxygens (including phenoxy) is 1. The van der Waals surface area contributed by atoms with Crippen LogP contribution in [0.2, 0.25) is 0 Å². The lowest BCUT2D eigenvalue weighted by Gasteiger charge is -2.19. The van der Waals surface area contributed by atoms with Crippen LogP contribution in [0.5, 0.6) is 5.75 Å². The molecule has 0 aliphatic heterocycles. The molecule has 1 aromatic carbocycles. The summed E-state index contributed by atoms with van der Waals surface area (Å²) in [5.74, 6) is -0.534. The minimum absolute atomic E-state index is 0.000412. The molecule has 0 saturated heterocycles. The lowest BCUT2D eigenvalue weighted by molar-refractivity contribution is -0.385. The van der Waals surface area contributed by atoms with E-state index in [2.05, 4.69) is 0 Å². The molecule has 0 aliphatic rings. The van der Waals surface area contributed by atoms with Gasteiger partial charge in [-0.15, -0.1) is 0 Å². The van der Waals surface area contributed by atoms with Crippen molar-refractivity contribution in [3.63, 3.8) is 0 Å². The summed E-state index contributed by atoms with van der Waals surface area (Å²) in [4.78, 5) is 21.0. The predicted octanol–water partition coefficient (Wildman–Crippen LogP) is 2.39. The molecule has 0 saturated carbocycles. The number of nitro groups is 1. The zero-order valence-corrected chi connectivity index (χ0v) is 10.5. The summed E-state index contributed by atoms with van der Waals surface area (Å²) >= 11 is 0. The molecule has 0 radical (unpaired) electrons. The lowest BCUT2D eigenvalue weighted by Crippen LogP contribution is -2.30. The highest BCUT2D eigenvalue weighted by molar-refractivity contribution is 5.73. The Bertz CT molecular complexity index is 481. The summed E-state index contributed by atoms with van der Waals surface area (Å²) in [7, 11) is 0. The molecule has 6 heteroatoms. The average molecular weight is 253 g/mol. The molecule has 1 aromatic rings. The van der Waals surface area contributed by atoms with Crippen LogP contribution in [-0.4, -0.2) is 22.6 Å². The summed E-state index contributed by atoms with van der Waals surface area (Å²) in [6, 6.07) is 4.33. The number of nitro benzene ring substituents is 1. The molecule has 0 unspecified atom stereocenters. The first kappa shape index (κ1) is 14.0. The molecule has 0 fully saturated rings. The number of nitrogens with zero attached hydrogens (tertiary/aromatic N) is 1. The lowest BCUT2D eigenvalue weighted by atomic mass is 9.95. The van der Waals surface area contributed by atoms with Gasteiger partial charge in [-0.1, -0.05) is 0 Å². The van der Waals surface area contributed by atoms with Gasteiger partial charge >= 0.3 is 5.97 Å². The first-order chi connectivity index (χ1) is 8.24. The Labute approximate surface area is 104 Å². The van der Waals surface area contributed by atoms with E-state index in [0.717, 1.165) is 0 Å². The number of hydrogen-bond acceptors (Lipinski definition) is 4. The Balaban J connectivity index is 2.79. The second-order valence-electron chi connectivity index (χ2n) is 4.68. The quantitative estimate of drug-likeness (QED) is 0.642. The Morgan fingerprint density at radius 3 is 2.56 bits per heavy atom. The Morgan fingerprint density at radius 1 is 1.50 bits per heavy atom. The molecule has 0 aliphatic carbocycles. The molecule has 98 valence electrons. The van der Waals surface area contributed by atoms with Gasteiger partial charge in [-0.25, -0.2) is 0 Å². The predicted molar refractivity (Wildman–Crippen MR) is 64.7 cm³/mol. The minimum Gasteiger partial charge on any atom is -0.492 e. The fourth-order valence-electron chi connectivity index (χ4n) is 1.25. The van der Waals surface area contributed by atoms with Gasteiger partial charge in [0.1, 0.15) is 12.4 Å². The molecule has 0 bridgehead atoms. The van der Waals surface area contributed by atoms with Crippen molar-refractivity contribution in [1.29, 1.82) is 0 Å². The monoisotopic (exact) mass is 253 g/mol. The van der Waals surface area contributed by atoms with Crippen LogP contribution in [-0.2, 0) is 4.79 Å². The molecule has 0 spiro atoms. The van der Waals surface area contributed by atoms with E-state index in [-0.39, 0.29) is 12.3 Å². The van der Waals surface area contributed by atoms with E-state index in [0.29, 0.717) is 11.3 Å². The largest absolute Gasteiger partial charge is 0.492 e. The SMILES string of the molecule is Cc1cc(OCC(C)(C)C(=O)O)ccc1[N+](=O)[O-]. The third-order valence-corrected chi connectivity index (χ3v) is 2.54. The zero-order chi connectivity index (χ0) is 13.9. The Kier molecular flexibility index (Phi) is 3.90. The second kappa shape index (κ2) is 5.03. The fraction of sp³-hybridized carbons (Fsp3) is 0.417. The van der Waals surface area contributed by atoms with Gasteiger partial charge in [0.15, 0.2) is 0 Å². The van der Waals surface area contributed by atoms with Gasteiger partial charge in [-0.05, 0) is 32.9 Å². The van der Waals surface area contributed by atoms with Crippen molar-refractivity contribution >= 4 is 11.7 Å².